The lowest BCUT2D eigenvalue weighted by Crippen LogP contribution is -2.44. The van der Waals surface area contributed by atoms with Crippen LogP contribution in [-0.2, 0) is 6.42 Å². The van der Waals surface area contributed by atoms with Crippen LogP contribution in [0.1, 0.15) is 47.2 Å². The summed E-state index contributed by atoms with van der Waals surface area (Å²) in [5.41, 5.74) is 0. The van der Waals surface area contributed by atoms with E-state index >= 15 is 0 Å². The maximum atomic E-state index is 12.5. The largest absolute Gasteiger partial charge is 0.335 e. The fourth-order valence-corrected chi connectivity index (χ4v) is 3.23. The number of carbonyl (C=O) groups is 1. The molecule has 0 aliphatic heterocycles. The van der Waals surface area contributed by atoms with Gasteiger partial charge in [-0.3, -0.25) is 4.79 Å². The summed E-state index contributed by atoms with van der Waals surface area (Å²) in [6.45, 7) is 2.92. The number of amides is 1. The first-order chi connectivity index (χ1) is 8.76. The second kappa shape index (κ2) is 6.58. The van der Waals surface area contributed by atoms with Crippen LogP contribution < -0.4 is 0 Å². The van der Waals surface area contributed by atoms with E-state index in [2.05, 4.69) is 13.0 Å². The molecule has 1 amide bonds. The van der Waals surface area contributed by atoms with Gasteiger partial charge in [0, 0.05) is 23.3 Å². The van der Waals surface area contributed by atoms with Gasteiger partial charge in [-0.15, -0.1) is 22.9 Å². The van der Waals surface area contributed by atoms with E-state index in [9.17, 15) is 4.79 Å². The smallest absolute Gasteiger partial charge is 0.264 e. The summed E-state index contributed by atoms with van der Waals surface area (Å²) in [6.07, 6.45) is 5.44. The average molecular weight is 286 g/mol. The molecule has 0 bridgehead atoms. The van der Waals surface area contributed by atoms with Gasteiger partial charge >= 0.3 is 0 Å². The highest BCUT2D eigenvalue weighted by Crippen LogP contribution is 2.28. The van der Waals surface area contributed by atoms with Crippen LogP contribution in [0.5, 0.6) is 0 Å². The third-order valence-electron chi connectivity index (χ3n) is 3.53. The van der Waals surface area contributed by atoms with Crippen molar-refractivity contribution in [2.45, 2.75) is 45.1 Å². The number of aryl methyl sites for hydroxylation is 1. The van der Waals surface area contributed by atoms with Crippen molar-refractivity contribution in [1.82, 2.24) is 4.90 Å². The van der Waals surface area contributed by atoms with Gasteiger partial charge in [-0.1, -0.05) is 6.92 Å². The van der Waals surface area contributed by atoms with Gasteiger partial charge < -0.3 is 4.90 Å². The van der Waals surface area contributed by atoms with Gasteiger partial charge in [0.05, 0.1) is 4.88 Å². The second-order valence-corrected chi connectivity index (χ2v) is 6.29. The van der Waals surface area contributed by atoms with Gasteiger partial charge in [-0.25, -0.2) is 0 Å². The van der Waals surface area contributed by atoms with Crippen LogP contribution in [-0.4, -0.2) is 29.3 Å². The Morgan fingerprint density at radius 3 is 2.78 bits per heavy atom. The van der Waals surface area contributed by atoms with Gasteiger partial charge in [-0.05, 0) is 44.2 Å². The van der Waals surface area contributed by atoms with Gasteiger partial charge in [-0.2, -0.15) is 0 Å². The minimum atomic E-state index is 0.203. The van der Waals surface area contributed by atoms with Crippen LogP contribution in [0.15, 0.2) is 12.1 Å². The SMILES string of the molecule is CCc1ccc(C(=O)N(CCCCl)C2CCC2)s1. The average Bonchev–Trinajstić information content (AvgIpc) is 2.79. The van der Waals surface area contributed by atoms with E-state index in [4.69, 9.17) is 11.6 Å². The summed E-state index contributed by atoms with van der Waals surface area (Å²) in [7, 11) is 0. The second-order valence-electron chi connectivity index (χ2n) is 4.75. The standard InChI is InChI=1S/C14H20ClNOS/c1-2-12-7-8-13(18-12)14(17)16(10-4-9-15)11-5-3-6-11/h7-8,11H,2-6,9-10H2,1H3. The van der Waals surface area contributed by atoms with Gasteiger partial charge in [0.1, 0.15) is 0 Å². The molecule has 1 aromatic heterocycles. The van der Waals surface area contributed by atoms with Crippen LogP contribution in [0.4, 0.5) is 0 Å². The number of halogens is 1. The molecule has 1 heterocycles. The van der Waals surface area contributed by atoms with Crippen molar-refractivity contribution in [2.24, 2.45) is 0 Å². The van der Waals surface area contributed by atoms with E-state index in [0.717, 1.165) is 37.1 Å². The minimum Gasteiger partial charge on any atom is -0.335 e. The Morgan fingerprint density at radius 2 is 2.28 bits per heavy atom. The first-order valence-electron chi connectivity index (χ1n) is 6.72. The molecular formula is C14H20ClNOS. The van der Waals surface area contributed by atoms with Crippen molar-refractivity contribution in [3.8, 4) is 0 Å². The molecule has 1 aliphatic carbocycles. The molecule has 0 spiro atoms. The molecule has 0 radical (unpaired) electrons. The Bertz CT molecular complexity index is 400. The van der Waals surface area contributed by atoms with E-state index in [0.29, 0.717) is 11.9 Å². The van der Waals surface area contributed by atoms with Gasteiger partial charge in [0.15, 0.2) is 0 Å². The highest BCUT2D eigenvalue weighted by atomic mass is 35.5. The van der Waals surface area contributed by atoms with Crippen molar-refractivity contribution in [2.75, 3.05) is 12.4 Å². The lowest BCUT2D eigenvalue weighted by molar-refractivity contribution is 0.0586. The lowest BCUT2D eigenvalue weighted by atomic mass is 9.91. The van der Waals surface area contributed by atoms with Crippen LogP contribution in [0.2, 0.25) is 0 Å². The van der Waals surface area contributed by atoms with E-state index in [1.807, 2.05) is 11.0 Å². The molecule has 0 aromatic carbocycles. The fourth-order valence-electron chi connectivity index (χ4n) is 2.20. The van der Waals surface area contributed by atoms with Crippen molar-refractivity contribution < 1.29 is 4.79 Å². The van der Waals surface area contributed by atoms with E-state index in [1.54, 1.807) is 11.3 Å². The first-order valence-corrected chi connectivity index (χ1v) is 8.07. The van der Waals surface area contributed by atoms with Crippen molar-refractivity contribution >= 4 is 28.8 Å². The Hall–Kier alpha value is -0.540. The van der Waals surface area contributed by atoms with Crippen molar-refractivity contribution in [3.05, 3.63) is 21.9 Å². The number of thiophene rings is 1. The van der Waals surface area contributed by atoms with Crippen LogP contribution >= 0.6 is 22.9 Å². The summed E-state index contributed by atoms with van der Waals surface area (Å²) in [4.78, 5) is 16.7. The quantitative estimate of drug-likeness (QED) is 0.725. The molecule has 4 heteroatoms. The molecule has 2 nitrogen and oxygen atoms in total. The van der Waals surface area contributed by atoms with E-state index in [1.165, 1.54) is 11.3 Å². The summed E-state index contributed by atoms with van der Waals surface area (Å²) >= 11 is 7.38. The third-order valence-corrected chi connectivity index (χ3v) is 5.01. The highest BCUT2D eigenvalue weighted by molar-refractivity contribution is 7.14. The molecule has 2 rings (SSSR count). The number of carbonyl (C=O) groups excluding carboxylic acids is 1. The van der Waals surface area contributed by atoms with Crippen molar-refractivity contribution in [3.63, 3.8) is 0 Å². The van der Waals surface area contributed by atoms with Gasteiger partial charge in [0.25, 0.3) is 5.91 Å². The Kier molecular flexibility index (Phi) is 5.07. The Labute approximate surface area is 118 Å². The molecule has 0 saturated heterocycles. The lowest BCUT2D eigenvalue weighted by Gasteiger charge is -2.37. The molecule has 0 unspecified atom stereocenters. The van der Waals surface area contributed by atoms with Gasteiger partial charge in [0.2, 0.25) is 0 Å². The normalized spacial score (nSPS) is 15.4. The fraction of sp³-hybridized carbons (Fsp3) is 0.643. The maximum absolute atomic E-state index is 12.5. The van der Waals surface area contributed by atoms with E-state index in [-0.39, 0.29) is 5.91 Å². The summed E-state index contributed by atoms with van der Waals surface area (Å²) < 4.78 is 0. The molecular weight excluding hydrogens is 266 g/mol. The number of rotatable bonds is 6. The molecule has 0 N–H and O–H groups in total. The molecule has 1 saturated carbocycles. The summed E-state index contributed by atoms with van der Waals surface area (Å²) in [5.74, 6) is 0.829. The molecule has 18 heavy (non-hydrogen) atoms. The van der Waals surface area contributed by atoms with Crippen LogP contribution in [0.25, 0.3) is 0 Å². The summed E-state index contributed by atoms with van der Waals surface area (Å²) in [5, 5.41) is 0. The Morgan fingerprint density at radius 1 is 1.50 bits per heavy atom. The third kappa shape index (κ3) is 3.07. The number of nitrogens with zero attached hydrogens (tertiary/aromatic N) is 1. The predicted octanol–water partition coefficient (Wildman–Crippen LogP) is 3.93. The minimum absolute atomic E-state index is 0.203. The molecule has 0 atom stereocenters. The Balaban J connectivity index is 2.06. The predicted molar refractivity (Wildman–Crippen MR) is 77.7 cm³/mol. The number of hydrogen-bond acceptors (Lipinski definition) is 2. The van der Waals surface area contributed by atoms with E-state index < -0.39 is 0 Å². The topological polar surface area (TPSA) is 20.3 Å². The zero-order chi connectivity index (χ0) is 13.0. The number of hydrogen-bond donors (Lipinski definition) is 0. The van der Waals surface area contributed by atoms with Crippen LogP contribution in [0.3, 0.4) is 0 Å². The number of alkyl halides is 1. The monoisotopic (exact) mass is 285 g/mol. The molecule has 100 valence electrons. The zero-order valence-corrected chi connectivity index (χ0v) is 12.4. The molecule has 1 fully saturated rings. The highest BCUT2D eigenvalue weighted by Gasteiger charge is 2.29. The summed E-state index contributed by atoms with van der Waals surface area (Å²) in [6, 6.07) is 4.49. The van der Waals surface area contributed by atoms with Crippen molar-refractivity contribution in [1.29, 1.82) is 0 Å². The molecule has 1 aromatic rings. The maximum Gasteiger partial charge on any atom is 0.264 e. The van der Waals surface area contributed by atoms with Crippen LogP contribution in [0, 0.1) is 0 Å². The zero-order valence-electron chi connectivity index (χ0n) is 10.8. The first kappa shape index (κ1) is 13.9. The molecule has 1 aliphatic rings.